The van der Waals surface area contributed by atoms with E-state index in [4.69, 9.17) is 5.73 Å². The Morgan fingerprint density at radius 1 is 0.739 bits per heavy atom. The van der Waals surface area contributed by atoms with Crippen LogP contribution in [0, 0.1) is 0 Å². The Morgan fingerprint density at radius 3 is 1.96 bits per heavy atom. The quantitative estimate of drug-likeness (QED) is 0.359. The van der Waals surface area contributed by atoms with E-state index in [2.05, 4.69) is 17.6 Å². The van der Waals surface area contributed by atoms with E-state index < -0.39 is 0 Å². The summed E-state index contributed by atoms with van der Waals surface area (Å²) < 4.78 is 0. The van der Waals surface area contributed by atoms with E-state index in [9.17, 15) is 9.59 Å². The van der Waals surface area contributed by atoms with Crippen molar-refractivity contribution >= 4 is 11.8 Å². The molecule has 0 spiro atoms. The second-order valence-electron chi connectivity index (χ2n) is 6.25. The summed E-state index contributed by atoms with van der Waals surface area (Å²) in [4.78, 5) is 22.1. The van der Waals surface area contributed by atoms with Gasteiger partial charge in [-0.15, -0.1) is 0 Å². The Bertz CT molecular complexity index is 296. The molecular weight excluding hydrogens is 290 g/mol. The number of hydrogen-bond donors (Lipinski definition) is 3. The zero-order chi connectivity index (χ0) is 17.2. The first-order valence-electron chi connectivity index (χ1n) is 9.42. The van der Waals surface area contributed by atoms with Crippen molar-refractivity contribution in [1.29, 1.82) is 0 Å². The number of carbonyl (C=O) groups excluding carboxylic acids is 2. The molecule has 0 saturated heterocycles. The zero-order valence-electron chi connectivity index (χ0n) is 15.0. The van der Waals surface area contributed by atoms with E-state index >= 15 is 0 Å². The first-order valence-corrected chi connectivity index (χ1v) is 9.42. The molecule has 0 bridgehead atoms. The van der Waals surface area contributed by atoms with E-state index in [1.807, 2.05) is 0 Å². The van der Waals surface area contributed by atoms with Gasteiger partial charge in [-0.05, 0) is 25.8 Å². The van der Waals surface area contributed by atoms with E-state index in [-0.39, 0.29) is 11.8 Å². The lowest BCUT2D eigenvalue weighted by Crippen LogP contribution is -2.28. The van der Waals surface area contributed by atoms with Gasteiger partial charge in [0.05, 0.1) is 0 Å². The van der Waals surface area contributed by atoms with Crippen LogP contribution >= 0.6 is 0 Å². The van der Waals surface area contributed by atoms with Crippen LogP contribution in [0.15, 0.2) is 0 Å². The van der Waals surface area contributed by atoms with E-state index in [1.54, 1.807) is 0 Å². The number of rotatable bonds is 17. The maximum Gasteiger partial charge on any atom is 0.221 e. The van der Waals surface area contributed by atoms with Crippen molar-refractivity contribution in [2.45, 2.75) is 84.0 Å². The van der Waals surface area contributed by atoms with Crippen LogP contribution in [-0.4, -0.2) is 31.4 Å². The van der Waals surface area contributed by atoms with Crippen molar-refractivity contribution in [2.24, 2.45) is 5.73 Å². The Morgan fingerprint density at radius 2 is 1.35 bits per heavy atom. The van der Waals surface area contributed by atoms with Crippen molar-refractivity contribution in [3.05, 3.63) is 0 Å². The Labute approximate surface area is 142 Å². The topological polar surface area (TPSA) is 84.2 Å². The molecule has 4 N–H and O–H groups in total. The number of carbonyl (C=O) groups is 2. The van der Waals surface area contributed by atoms with E-state index in [0.717, 1.165) is 38.9 Å². The summed E-state index contributed by atoms with van der Waals surface area (Å²) in [5.41, 5.74) is 5.10. The van der Waals surface area contributed by atoms with E-state index in [0.29, 0.717) is 12.8 Å². The lowest BCUT2D eigenvalue weighted by molar-refractivity contribution is -0.121. The molecule has 0 aromatic carbocycles. The van der Waals surface area contributed by atoms with Gasteiger partial charge in [0.1, 0.15) is 0 Å². The molecule has 0 saturated carbocycles. The second kappa shape index (κ2) is 17.3. The van der Waals surface area contributed by atoms with Crippen molar-refractivity contribution < 1.29 is 9.59 Å². The number of nitrogens with two attached hydrogens (primary N) is 1. The van der Waals surface area contributed by atoms with Gasteiger partial charge in [0.25, 0.3) is 0 Å². The molecule has 0 aromatic rings. The average molecular weight is 328 g/mol. The molecule has 0 unspecified atom stereocenters. The Balaban J connectivity index is 3.14. The normalized spacial score (nSPS) is 10.7. The lowest BCUT2D eigenvalue weighted by Gasteiger charge is -2.06. The minimum Gasteiger partial charge on any atom is -0.370 e. The van der Waals surface area contributed by atoms with Crippen molar-refractivity contribution in [1.82, 2.24) is 10.6 Å². The fourth-order valence-corrected chi connectivity index (χ4v) is 2.43. The molecule has 0 aliphatic heterocycles. The molecule has 5 nitrogen and oxygen atoms in total. The number of amides is 2. The second-order valence-corrected chi connectivity index (χ2v) is 6.25. The monoisotopic (exact) mass is 327 g/mol. The highest BCUT2D eigenvalue weighted by Gasteiger charge is 2.00. The smallest absolute Gasteiger partial charge is 0.221 e. The van der Waals surface area contributed by atoms with Crippen molar-refractivity contribution in [2.75, 3.05) is 19.6 Å². The molecule has 5 heteroatoms. The van der Waals surface area contributed by atoms with Crippen LogP contribution in [0.25, 0.3) is 0 Å². The van der Waals surface area contributed by atoms with Crippen LogP contribution in [0.4, 0.5) is 0 Å². The fraction of sp³-hybridized carbons (Fsp3) is 0.889. The van der Waals surface area contributed by atoms with Gasteiger partial charge in [0.2, 0.25) is 11.8 Å². The summed E-state index contributed by atoms with van der Waals surface area (Å²) in [7, 11) is 0. The number of primary amides is 1. The maximum absolute atomic E-state index is 11.6. The molecule has 0 aromatic heterocycles. The van der Waals surface area contributed by atoms with Crippen LogP contribution in [0.2, 0.25) is 0 Å². The number of hydrogen-bond acceptors (Lipinski definition) is 3. The third kappa shape index (κ3) is 18.9. The van der Waals surface area contributed by atoms with Crippen LogP contribution < -0.4 is 16.4 Å². The summed E-state index contributed by atoms with van der Waals surface area (Å²) in [5.74, 6) is -0.0350. The summed E-state index contributed by atoms with van der Waals surface area (Å²) in [6.07, 6.45) is 12.6. The zero-order valence-corrected chi connectivity index (χ0v) is 15.0. The summed E-state index contributed by atoms with van der Waals surface area (Å²) >= 11 is 0. The molecular formula is C18H37N3O2. The fourth-order valence-electron chi connectivity index (χ4n) is 2.43. The van der Waals surface area contributed by atoms with Gasteiger partial charge in [-0.25, -0.2) is 0 Å². The molecule has 0 aliphatic carbocycles. The highest BCUT2D eigenvalue weighted by atomic mass is 16.1. The molecule has 0 rings (SSSR count). The average Bonchev–Trinajstić information content (AvgIpc) is 2.52. The van der Waals surface area contributed by atoms with Gasteiger partial charge in [-0.3, -0.25) is 9.59 Å². The van der Waals surface area contributed by atoms with Crippen LogP contribution in [-0.2, 0) is 9.59 Å². The standard InChI is InChI=1S/C18H37N3O2/c1-2-3-14-20-16-13-18(23)21-15-11-9-7-5-4-6-8-10-12-17(19)22/h20H,2-16H2,1H3,(H2,19,22)(H,21,23). The van der Waals surface area contributed by atoms with Gasteiger partial charge < -0.3 is 16.4 Å². The number of nitrogens with one attached hydrogen (secondary N) is 2. The first kappa shape index (κ1) is 21.9. The van der Waals surface area contributed by atoms with Crippen molar-refractivity contribution in [3.63, 3.8) is 0 Å². The van der Waals surface area contributed by atoms with Gasteiger partial charge in [0, 0.05) is 25.9 Å². The molecule has 0 radical (unpaired) electrons. The molecule has 0 aliphatic rings. The predicted octanol–water partition coefficient (Wildman–Crippen LogP) is 2.88. The van der Waals surface area contributed by atoms with Gasteiger partial charge in [-0.2, -0.15) is 0 Å². The SMILES string of the molecule is CCCCNCCC(=O)NCCCCCCCCCCC(N)=O. The van der Waals surface area contributed by atoms with Gasteiger partial charge in [-0.1, -0.05) is 51.9 Å². The first-order chi connectivity index (χ1) is 11.2. The van der Waals surface area contributed by atoms with Gasteiger partial charge in [0.15, 0.2) is 0 Å². The number of unbranched alkanes of at least 4 members (excludes halogenated alkanes) is 8. The highest BCUT2D eigenvalue weighted by Crippen LogP contribution is 2.09. The van der Waals surface area contributed by atoms with Gasteiger partial charge >= 0.3 is 0 Å². The lowest BCUT2D eigenvalue weighted by atomic mass is 10.1. The molecule has 0 heterocycles. The van der Waals surface area contributed by atoms with E-state index in [1.165, 1.54) is 44.9 Å². The van der Waals surface area contributed by atoms with Crippen LogP contribution in [0.1, 0.15) is 84.0 Å². The largest absolute Gasteiger partial charge is 0.370 e. The summed E-state index contributed by atoms with van der Waals surface area (Å²) in [6.45, 7) is 4.75. The molecule has 0 fully saturated rings. The third-order valence-corrected chi connectivity index (χ3v) is 3.91. The maximum atomic E-state index is 11.6. The minimum absolute atomic E-state index is 0.156. The minimum atomic E-state index is -0.191. The van der Waals surface area contributed by atoms with Crippen LogP contribution in [0.5, 0.6) is 0 Å². The highest BCUT2D eigenvalue weighted by molar-refractivity contribution is 5.76. The van der Waals surface area contributed by atoms with Crippen molar-refractivity contribution in [3.8, 4) is 0 Å². The third-order valence-electron chi connectivity index (χ3n) is 3.91. The summed E-state index contributed by atoms with van der Waals surface area (Å²) in [6, 6.07) is 0. The molecule has 2 amide bonds. The molecule has 0 atom stereocenters. The Hall–Kier alpha value is -1.10. The predicted molar refractivity (Wildman–Crippen MR) is 96.2 cm³/mol. The molecule has 23 heavy (non-hydrogen) atoms. The van der Waals surface area contributed by atoms with Crippen LogP contribution in [0.3, 0.4) is 0 Å². The summed E-state index contributed by atoms with van der Waals surface area (Å²) in [5, 5.41) is 6.26. The Kier molecular flexibility index (Phi) is 16.4. The molecule has 136 valence electrons.